The van der Waals surface area contributed by atoms with Gasteiger partial charge in [-0.1, -0.05) is 12.8 Å². The average Bonchev–Trinajstić information content (AvgIpc) is 2.79. The van der Waals surface area contributed by atoms with Gasteiger partial charge in [0.15, 0.2) is 0 Å². The lowest BCUT2D eigenvalue weighted by atomic mass is 9.95. The van der Waals surface area contributed by atoms with Crippen molar-refractivity contribution in [2.24, 2.45) is 0 Å². The molecule has 1 aliphatic heterocycles. The first-order valence-corrected chi connectivity index (χ1v) is 7.40. The van der Waals surface area contributed by atoms with Gasteiger partial charge in [0.1, 0.15) is 0 Å². The van der Waals surface area contributed by atoms with E-state index in [1.54, 1.807) is 0 Å². The van der Waals surface area contributed by atoms with E-state index >= 15 is 0 Å². The van der Waals surface area contributed by atoms with Crippen molar-refractivity contribution >= 4 is 11.6 Å². The molecular formula is C13H25ClN2. The Bertz CT molecular complexity index is 192. The van der Waals surface area contributed by atoms with Gasteiger partial charge in [-0.2, -0.15) is 0 Å². The molecule has 1 N–H and O–H groups in total. The van der Waals surface area contributed by atoms with Crippen molar-refractivity contribution in [1.29, 1.82) is 0 Å². The summed E-state index contributed by atoms with van der Waals surface area (Å²) in [5.74, 6) is 0. The molecule has 1 aliphatic carbocycles. The fraction of sp³-hybridized carbons (Fsp3) is 1.00. The lowest BCUT2D eigenvalue weighted by Crippen LogP contribution is -2.40. The second-order valence-corrected chi connectivity index (χ2v) is 5.82. The second-order valence-electron chi connectivity index (χ2n) is 5.26. The Morgan fingerprint density at radius 2 is 1.81 bits per heavy atom. The SMILES string of the molecule is ClC1CCCCC1NCCCN1CCCC1. The largest absolute Gasteiger partial charge is 0.312 e. The number of likely N-dealkylation sites (tertiary alicyclic amines) is 1. The summed E-state index contributed by atoms with van der Waals surface area (Å²) in [5, 5.41) is 4.01. The first-order valence-electron chi connectivity index (χ1n) is 6.96. The predicted octanol–water partition coefficient (Wildman–Crippen LogP) is 2.61. The van der Waals surface area contributed by atoms with E-state index in [1.807, 2.05) is 0 Å². The summed E-state index contributed by atoms with van der Waals surface area (Å²) in [5.41, 5.74) is 0. The molecule has 0 spiro atoms. The molecule has 2 nitrogen and oxygen atoms in total. The lowest BCUT2D eigenvalue weighted by molar-refractivity contribution is 0.318. The lowest BCUT2D eigenvalue weighted by Gasteiger charge is -2.28. The van der Waals surface area contributed by atoms with Crippen LogP contribution >= 0.6 is 11.6 Å². The van der Waals surface area contributed by atoms with Crippen LogP contribution in [0.1, 0.15) is 44.9 Å². The highest BCUT2D eigenvalue weighted by molar-refractivity contribution is 6.21. The summed E-state index contributed by atoms with van der Waals surface area (Å²) in [7, 11) is 0. The number of nitrogens with one attached hydrogen (secondary N) is 1. The molecule has 3 heteroatoms. The number of nitrogens with zero attached hydrogens (tertiary/aromatic N) is 1. The molecule has 0 aromatic carbocycles. The van der Waals surface area contributed by atoms with Crippen LogP contribution in [0.3, 0.4) is 0 Å². The van der Waals surface area contributed by atoms with Crippen LogP contribution < -0.4 is 5.32 Å². The Kier molecular flexibility index (Phi) is 5.40. The number of rotatable bonds is 5. The van der Waals surface area contributed by atoms with Crippen LogP contribution in [-0.4, -0.2) is 42.5 Å². The molecule has 2 rings (SSSR count). The second kappa shape index (κ2) is 6.83. The molecule has 2 atom stereocenters. The predicted molar refractivity (Wildman–Crippen MR) is 70.2 cm³/mol. The zero-order valence-corrected chi connectivity index (χ0v) is 11.0. The zero-order valence-electron chi connectivity index (χ0n) is 10.3. The van der Waals surface area contributed by atoms with E-state index in [0.717, 1.165) is 6.54 Å². The van der Waals surface area contributed by atoms with Crippen molar-refractivity contribution in [1.82, 2.24) is 10.2 Å². The molecule has 16 heavy (non-hydrogen) atoms. The quantitative estimate of drug-likeness (QED) is 0.591. The molecular weight excluding hydrogens is 220 g/mol. The minimum atomic E-state index is 0.375. The third-order valence-corrected chi connectivity index (χ3v) is 4.46. The summed E-state index contributed by atoms with van der Waals surface area (Å²) in [6, 6.07) is 0.578. The molecule has 1 heterocycles. The van der Waals surface area contributed by atoms with Gasteiger partial charge in [-0.25, -0.2) is 0 Å². The summed E-state index contributed by atoms with van der Waals surface area (Å²) in [6.07, 6.45) is 9.23. The van der Waals surface area contributed by atoms with Gasteiger partial charge in [-0.05, 0) is 58.3 Å². The molecule has 0 aromatic rings. The number of hydrogen-bond acceptors (Lipinski definition) is 2. The first kappa shape index (κ1) is 12.7. The summed E-state index contributed by atoms with van der Waals surface area (Å²) in [4.78, 5) is 2.58. The van der Waals surface area contributed by atoms with Crippen LogP contribution in [0.2, 0.25) is 0 Å². The summed E-state index contributed by atoms with van der Waals surface area (Å²) < 4.78 is 0. The molecule has 2 unspecified atom stereocenters. The maximum atomic E-state index is 6.32. The molecule has 0 bridgehead atoms. The molecule has 0 amide bonds. The van der Waals surface area contributed by atoms with E-state index in [4.69, 9.17) is 11.6 Å². The fourth-order valence-corrected chi connectivity index (χ4v) is 3.28. The molecule has 94 valence electrons. The highest BCUT2D eigenvalue weighted by Crippen LogP contribution is 2.22. The van der Waals surface area contributed by atoms with Gasteiger partial charge < -0.3 is 10.2 Å². The minimum Gasteiger partial charge on any atom is -0.312 e. The van der Waals surface area contributed by atoms with Gasteiger partial charge in [0.2, 0.25) is 0 Å². The molecule has 0 radical (unpaired) electrons. The Balaban J connectivity index is 1.53. The molecule has 0 aromatic heterocycles. The summed E-state index contributed by atoms with van der Waals surface area (Å²) >= 11 is 6.32. The van der Waals surface area contributed by atoms with E-state index in [-0.39, 0.29) is 0 Å². The van der Waals surface area contributed by atoms with Crippen LogP contribution in [-0.2, 0) is 0 Å². The maximum Gasteiger partial charge on any atom is 0.0489 e. The van der Waals surface area contributed by atoms with Crippen molar-refractivity contribution < 1.29 is 0 Å². The normalized spacial score (nSPS) is 32.1. The molecule has 1 saturated carbocycles. The van der Waals surface area contributed by atoms with Crippen molar-refractivity contribution in [3.63, 3.8) is 0 Å². The molecule has 2 fully saturated rings. The average molecular weight is 245 g/mol. The van der Waals surface area contributed by atoms with Crippen LogP contribution in [0.25, 0.3) is 0 Å². The van der Waals surface area contributed by atoms with E-state index in [2.05, 4.69) is 10.2 Å². The summed E-state index contributed by atoms with van der Waals surface area (Å²) in [6.45, 7) is 5.06. The number of hydrogen-bond donors (Lipinski definition) is 1. The Labute approximate surface area is 105 Å². The van der Waals surface area contributed by atoms with Crippen molar-refractivity contribution in [3.8, 4) is 0 Å². The van der Waals surface area contributed by atoms with Crippen molar-refractivity contribution in [2.75, 3.05) is 26.2 Å². The zero-order chi connectivity index (χ0) is 11.2. The maximum absolute atomic E-state index is 6.32. The van der Waals surface area contributed by atoms with E-state index in [9.17, 15) is 0 Å². The van der Waals surface area contributed by atoms with Crippen molar-refractivity contribution in [3.05, 3.63) is 0 Å². The Hall–Kier alpha value is 0.210. The van der Waals surface area contributed by atoms with E-state index in [0.29, 0.717) is 11.4 Å². The standard InChI is InChI=1S/C13H25ClN2/c14-12-6-1-2-7-13(12)15-8-5-11-16-9-3-4-10-16/h12-13,15H,1-11H2. The smallest absolute Gasteiger partial charge is 0.0489 e. The van der Waals surface area contributed by atoms with Crippen LogP contribution in [0, 0.1) is 0 Å². The van der Waals surface area contributed by atoms with E-state index in [1.165, 1.54) is 64.6 Å². The number of alkyl halides is 1. The first-order chi connectivity index (χ1) is 7.86. The highest BCUT2D eigenvalue weighted by Gasteiger charge is 2.22. The Morgan fingerprint density at radius 1 is 1.06 bits per heavy atom. The fourth-order valence-electron chi connectivity index (χ4n) is 2.91. The number of halogens is 1. The van der Waals surface area contributed by atoms with Crippen LogP contribution in [0.4, 0.5) is 0 Å². The Morgan fingerprint density at radius 3 is 2.56 bits per heavy atom. The third-order valence-electron chi connectivity index (χ3n) is 3.94. The third kappa shape index (κ3) is 3.90. The van der Waals surface area contributed by atoms with Gasteiger partial charge in [-0.15, -0.1) is 11.6 Å². The van der Waals surface area contributed by atoms with Gasteiger partial charge in [0.25, 0.3) is 0 Å². The molecule has 2 aliphatic rings. The topological polar surface area (TPSA) is 15.3 Å². The van der Waals surface area contributed by atoms with Gasteiger partial charge >= 0.3 is 0 Å². The van der Waals surface area contributed by atoms with Crippen LogP contribution in [0.5, 0.6) is 0 Å². The van der Waals surface area contributed by atoms with E-state index < -0.39 is 0 Å². The minimum absolute atomic E-state index is 0.375. The van der Waals surface area contributed by atoms with Gasteiger partial charge in [0, 0.05) is 11.4 Å². The van der Waals surface area contributed by atoms with Gasteiger partial charge in [-0.3, -0.25) is 0 Å². The monoisotopic (exact) mass is 244 g/mol. The van der Waals surface area contributed by atoms with Crippen molar-refractivity contribution in [2.45, 2.75) is 56.4 Å². The highest BCUT2D eigenvalue weighted by atomic mass is 35.5. The molecule has 1 saturated heterocycles. The van der Waals surface area contributed by atoms with Gasteiger partial charge in [0.05, 0.1) is 0 Å². The van der Waals surface area contributed by atoms with Crippen LogP contribution in [0.15, 0.2) is 0 Å².